The molecule has 0 aliphatic carbocycles. The maximum atomic E-state index is 12.2. The zero-order valence-corrected chi connectivity index (χ0v) is 17.1. The second kappa shape index (κ2) is 9.07. The molecule has 0 unspecified atom stereocenters. The fraction of sp³-hybridized carbons (Fsp3) is 0.278. The van der Waals surface area contributed by atoms with Crippen LogP contribution in [0.2, 0.25) is 0 Å². The van der Waals surface area contributed by atoms with Crippen molar-refractivity contribution in [3.63, 3.8) is 0 Å². The van der Waals surface area contributed by atoms with Gasteiger partial charge in [-0.25, -0.2) is 21.6 Å². The fourth-order valence-electron chi connectivity index (χ4n) is 2.27. The SMILES string of the molecule is CCc1ccc(OCCS(=O)(=O)Nc2ccc(S(=O)(=O)NC(C)=O)cc2)cc1. The Labute approximate surface area is 165 Å². The molecule has 8 nitrogen and oxygen atoms in total. The summed E-state index contributed by atoms with van der Waals surface area (Å²) in [7, 11) is -7.65. The standard InChI is InChI=1S/C18H22N2O6S2/c1-3-15-4-8-17(9-5-15)26-12-13-27(22,23)20-16-6-10-18(11-7-16)28(24,25)19-14(2)21/h4-11,20H,3,12-13H2,1-2H3,(H,19,21). The predicted molar refractivity (Wildman–Crippen MR) is 106 cm³/mol. The third-order valence-electron chi connectivity index (χ3n) is 3.67. The van der Waals surface area contributed by atoms with Gasteiger partial charge in [-0.2, -0.15) is 0 Å². The highest BCUT2D eigenvalue weighted by atomic mass is 32.2. The number of rotatable bonds is 9. The van der Waals surface area contributed by atoms with Gasteiger partial charge >= 0.3 is 0 Å². The molecule has 0 atom stereocenters. The summed E-state index contributed by atoms with van der Waals surface area (Å²) in [5, 5.41) is 0. The molecule has 0 radical (unpaired) electrons. The Kier molecular flexibility index (Phi) is 7.03. The van der Waals surface area contributed by atoms with Crippen LogP contribution in [-0.4, -0.2) is 35.1 Å². The Morgan fingerprint density at radius 1 is 0.964 bits per heavy atom. The van der Waals surface area contributed by atoms with Gasteiger partial charge in [0.15, 0.2) is 0 Å². The molecule has 2 rings (SSSR count). The van der Waals surface area contributed by atoms with Gasteiger partial charge in [-0.05, 0) is 48.4 Å². The van der Waals surface area contributed by atoms with Gasteiger partial charge in [0.2, 0.25) is 15.9 Å². The predicted octanol–water partition coefficient (Wildman–Crippen LogP) is 1.89. The quantitative estimate of drug-likeness (QED) is 0.632. The van der Waals surface area contributed by atoms with Gasteiger partial charge in [0.25, 0.3) is 10.0 Å². The third kappa shape index (κ3) is 6.54. The van der Waals surface area contributed by atoms with Crippen molar-refractivity contribution in [1.29, 1.82) is 0 Å². The van der Waals surface area contributed by atoms with Gasteiger partial charge in [-0.15, -0.1) is 0 Å². The molecular formula is C18H22N2O6S2. The topological polar surface area (TPSA) is 119 Å². The summed E-state index contributed by atoms with van der Waals surface area (Å²) in [4.78, 5) is 10.8. The molecule has 0 aliphatic heterocycles. The number of aryl methyl sites for hydroxylation is 1. The van der Waals surface area contributed by atoms with Gasteiger partial charge in [0.05, 0.1) is 4.90 Å². The Balaban J connectivity index is 1.93. The van der Waals surface area contributed by atoms with E-state index in [1.54, 1.807) is 12.1 Å². The summed E-state index contributed by atoms with van der Waals surface area (Å²) < 4.78 is 57.7. The largest absolute Gasteiger partial charge is 0.492 e. The minimum Gasteiger partial charge on any atom is -0.492 e. The smallest absolute Gasteiger partial charge is 0.264 e. The number of anilines is 1. The number of sulfonamides is 2. The van der Waals surface area contributed by atoms with E-state index in [2.05, 4.69) is 4.72 Å². The van der Waals surface area contributed by atoms with Crippen LogP contribution in [0.3, 0.4) is 0 Å². The lowest BCUT2D eigenvalue weighted by molar-refractivity contribution is -0.117. The van der Waals surface area contributed by atoms with E-state index in [1.807, 2.05) is 23.8 Å². The molecule has 0 aromatic heterocycles. The summed E-state index contributed by atoms with van der Waals surface area (Å²) in [6.45, 7) is 3.09. The number of benzene rings is 2. The van der Waals surface area contributed by atoms with Crippen LogP contribution in [0.1, 0.15) is 19.4 Å². The number of hydrogen-bond donors (Lipinski definition) is 2. The van der Waals surface area contributed by atoms with E-state index >= 15 is 0 Å². The molecule has 28 heavy (non-hydrogen) atoms. The molecule has 0 aliphatic rings. The first-order chi connectivity index (χ1) is 13.1. The third-order valence-corrected chi connectivity index (χ3v) is 6.37. The van der Waals surface area contributed by atoms with E-state index in [4.69, 9.17) is 4.74 Å². The van der Waals surface area contributed by atoms with Crippen molar-refractivity contribution in [3.8, 4) is 5.75 Å². The first-order valence-corrected chi connectivity index (χ1v) is 11.6. The van der Waals surface area contributed by atoms with E-state index in [9.17, 15) is 21.6 Å². The molecule has 0 bridgehead atoms. The van der Waals surface area contributed by atoms with E-state index in [-0.39, 0.29) is 22.9 Å². The average Bonchev–Trinajstić information content (AvgIpc) is 2.61. The number of carbonyl (C=O) groups excluding carboxylic acids is 1. The van der Waals surface area contributed by atoms with Gasteiger partial charge in [0.1, 0.15) is 18.1 Å². The molecule has 10 heteroatoms. The summed E-state index contributed by atoms with van der Waals surface area (Å²) in [5.41, 5.74) is 1.36. The van der Waals surface area contributed by atoms with Crippen molar-refractivity contribution < 1.29 is 26.4 Å². The van der Waals surface area contributed by atoms with Crippen LogP contribution in [0.5, 0.6) is 5.75 Å². The average molecular weight is 427 g/mol. The van der Waals surface area contributed by atoms with E-state index in [0.29, 0.717) is 5.75 Å². The summed E-state index contributed by atoms with van der Waals surface area (Å²) in [6.07, 6.45) is 0.906. The molecule has 0 heterocycles. The van der Waals surface area contributed by atoms with Crippen molar-refractivity contribution in [3.05, 3.63) is 54.1 Å². The fourth-order valence-corrected chi connectivity index (χ4v) is 4.16. The highest BCUT2D eigenvalue weighted by molar-refractivity contribution is 7.92. The molecule has 0 saturated carbocycles. The molecule has 2 N–H and O–H groups in total. The second-order valence-electron chi connectivity index (χ2n) is 5.95. The van der Waals surface area contributed by atoms with E-state index in [0.717, 1.165) is 18.9 Å². The van der Waals surface area contributed by atoms with Crippen molar-refractivity contribution in [2.45, 2.75) is 25.2 Å². The van der Waals surface area contributed by atoms with Crippen molar-refractivity contribution in [2.24, 2.45) is 0 Å². The first-order valence-electron chi connectivity index (χ1n) is 8.47. The lowest BCUT2D eigenvalue weighted by atomic mass is 10.2. The van der Waals surface area contributed by atoms with E-state index in [1.165, 1.54) is 24.3 Å². The van der Waals surface area contributed by atoms with Crippen LogP contribution in [-0.2, 0) is 31.3 Å². The van der Waals surface area contributed by atoms with Gasteiger partial charge in [0, 0.05) is 12.6 Å². The maximum Gasteiger partial charge on any atom is 0.264 e. The molecule has 2 aromatic rings. The second-order valence-corrected chi connectivity index (χ2v) is 9.48. The molecule has 0 spiro atoms. The Bertz CT molecular complexity index is 1010. The van der Waals surface area contributed by atoms with Crippen molar-refractivity contribution in [2.75, 3.05) is 17.1 Å². The molecule has 1 amide bonds. The van der Waals surface area contributed by atoms with E-state index < -0.39 is 26.0 Å². The summed E-state index contributed by atoms with van der Waals surface area (Å²) in [5.74, 6) is -0.400. The van der Waals surface area contributed by atoms with Crippen LogP contribution in [0.4, 0.5) is 5.69 Å². The van der Waals surface area contributed by atoms with Crippen LogP contribution in [0.15, 0.2) is 53.4 Å². The zero-order valence-electron chi connectivity index (χ0n) is 15.5. The Morgan fingerprint density at radius 2 is 1.57 bits per heavy atom. The van der Waals surface area contributed by atoms with Crippen LogP contribution in [0, 0.1) is 0 Å². The monoisotopic (exact) mass is 426 g/mol. The van der Waals surface area contributed by atoms with Gasteiger partial charge in [-0.1, -0.05) is 19.1 Å². The molecule has 0 saturated heterocycles. The van der Waals surface area contributed by atoms with Crippen LogP contribution >= 0.6 is 0 Å². The van der Waals surface area contributed by atoms with Gasteiger partial charge < -0.3 is 4.74 Å². The number of ether oxygens (including phenoxy) is 1. The summed E-state index contributed by atoms with van der Waals surface area (Å²) in [6, 6.07) is 12.4. The first kappa shape index (κ1) is 21.7. The van der Waals surface area contributed by atoms with Crippen LogP contribution < -0.4 is 14.2 Å². The number of amides is 1. The van der Waals surface area contributed by atoms with Crippen LogP contribution in [0.25, 0.3) is 0 Å². The zero-order chi connectivity index (χ0) is 20.8. The lowest BCUT2D eigenvalue weighted by Crippen LogP contribution is -2.28. The molecule has 152 valence electrons. The normalized spacial score (nSPS) is 11.6. The highest BCUT2D eigenvalue weighted by Crippen LogP contribution is 2.16. The lowest BCUT2D eigenvalue weighted by Gasteiger charge is -2.10. The molecular weight excluding hydrogens is 404 g/mol. The Morgan fingerprint density at radius 3 is 2.11 bits per heavy atom. The highest BCUT2D eigenvalue weighted by Gasteiger charge is 2.16. The van der Waals surface area contributed by atoms with Crippen molar-refractivity contribution >= 4 is 31.6 Å². The van der Waals surface area contributed by atoms with Gasteiger partial charge in [-0.3, -0.25) is 9.52 Å². The molecule has 0 fully saturated rings. The number of carbonyl (C=O) groups is 1. The minimum atomic E-state index is -3.97. The number of nitrogens with one attached hydrogen (secondary N) is 2. The van der Waals surface area contributed by atoms with Crippen molar-refractivity contribution in [1.82, 2.24) is 4.72 Å². The summed E-state index contributed by atoms with van der Waals surface area (Å²) >= 11 is 0. The Hall–Kier alpha value is -2.59. The number of hydrogen-bond acceptors (Lipinski definition) is 6. The molecule has 2 aromatic carbocycles. The maximum absolute atomic E-state index is 12.2. The minimum absolute atomic E-state index is 0.0319.